The van der Waals surface area contributed by atoms with E-state index in [0.717, 1.165) is 24.4 Å². The Labute approximate surface area is 120 Å². The van der Waals surface area contributed by atoms with Crippen LogP contribution in [0.5, 0.6) is 5.75 Å². The van der Waals surface area contributed by atoms with Gasteiger partial charge in [-0.2, -0.15) is 5.10 Å². The van der Waals surface area contributed by atoms with Gasteiger partial charge in [0.2, 0.25) is 0 Å². The summed E-state index contributed by atoms with van der Waals surface area (Å²) in [5, 5.41) is 7.98. The standard InChI is InChI=1S/C16H23N3O/c1-4-17-16(12-14-9-10-19(3)18-14)13-7-6-8-15(11-13)20-5-2/h6-11,16-17H,4-5,12H2,1-3H3. The summed E-state index contributed by atoms with van der Waals surface area (Å²) in [6, 6.07) is 10.6. The fraction of sp³-hybridized carbons (Fsp3) is 0.438. The van der Waals surface area contributed by atoms with Gasteiger partial charge in [0.15, 0.2) is 0 Å². The highest BCUT2D eigenvalue weighted by Gasteiger charge is 2.13. The van der Waals surface area contributed by atoms with E-state index in [1.54, 1.807) is 0 Å². The van der Waals surface area contributed by atoms with E-state index in [1.165, 1.54) is 5.56 Å². The highest BCUT2D eigenvalue weighted by molar-refractivity contribution is 5.31. The van der Waals surface area contributed by atoms with Crippen LogP contribution in [0.15, 0.2) is 36.5 Å². The molecule has 0 fully saturated rings. The van der Waals surface area contributed by atoms with Crippen molar-refractivity contribution in [2.45, 2.75) is 26.3 Å². The Kier molecular flexibility index (Phi) is 5.18. The highest BCUT2D eigenvalue weighted by Crippen LogP contribution is 2.22. The fourth-order valence-corrected chi connectivity index (χ4v) is 2.32. The van der Waals surface area contributed by atoms with Gasteiger partial charge in [-0.05, 0) is 37.2 Å². The zero-order valence-corrected chi connectivity index (χ0v) is 12.5. The van der Waals surface area contributed by atoms with E-state index in [4.69, 9.17) is 4.74 Å². The zero-order chi connectivity index (χ0) is 14.4. The molecule has 4 heteroatoms. The zero-order valence-electron chi connectivity index (χ0n) is 12.5. The van der Waals surface area contributed by atoms with Gasteiger partial charge < -0.3 is 10.1 Å². The van der Waals surface area contributed by atoms with Crippen LogP contribution < -0.4 is 10.1 Å². The lowest BCUT2D eigenvalue weighted by Crippen LogP contribution is -2.23. The molecule has 1 N–H and O–H groups in total. The molecule has 0 aliphatic heterocycles. The molecule has 0 bridgehead atoms. The number of rotatable bonds is 7. The number of nitrogens with one attached hydrogen (secondary N) is 1. The summed E-state index contributed by atoms with van der Waals surface area (Å²) in [6.07, 6.45) is 2.86. The molecular weight excluding hydrogens is 250 g/mol. The molecule has 0 aliphatic rings. The van der Waals surface area contributed by atoms with Crippen LogP contribution in [0.3, 0.4) is 0 Å². The normalized spacial score (nSPS) is 12.3. The first-order valence-electron chi connectivity index (χ1n) is 7.17. The molecule has 1 aromatic heterocycles. The van der Waals surface area contributed by atoms with Crippen molar-refractivity contribution in [3.8, 4) is 5.75 Å². The number of aryl methyl sites for hydroxylation is 1. The molecule has 1 atom stereocenters. The summed E-state index contributed by atoms with van der Waals surface area (Å²) >= 11 is 0. The van der Waals surface area contributed by atoms with Crippen LogP contribution in [0.4, 0.5) is 0 Å². The monoisotopic (exact) mass is 273 g/mol. The maximum absolute atomic E-state index is 5.58. The third-order valence-corrected chi connectivity index (χ3v) is 3.20. The molecule has 4 nitrogen and oxygen atoms in total. The molecule has 2 aromatic rings. The van der Waals surface area contributed by atoms with Gasteiger partial charge >= 0.3 is 0 Å². The number of hydrogen-bond acceptors (Lipinski definition) is 3. The molecule has 20 heavy (non-hydrogen) atoms. The van der Waals surface area contributed by atoms with Crippen molar-refractivity contribution in [3.63, 3.8) is 0 Å². The molecule has 0 amide bonds. The number of ether oxygens (including phenoxy) is 1. The van der Waals surface area contributed by atoms with Crippen LogP contribution in [0.2, 0.25) is 0 Å². The summed E-state index contributed by atoms with van der Waals surface area (Å²) in [5.41, 5.74) is 2.34. The summed E-state index contributed by atoms with van der Waals surface area (Å²) in [7, 11) is 1.95. The molecule has 0 aliphatic carbocycles. The van der Waals surface area contributed by atoms with Crippen molar-refractivity contribution in [1.29, 1.82) is 0 Å². The lowest BCUT2D eigenvalue weighted by atomic mass is 10.0. The smallest absolute Gasteiger partial charge is 0.119 e. The lowest BCUT2D eigenvalue weighted by Gasteiger charge is -2.18. The van der Waals surface area contributed by atoms with Crippen molar-refractivity contribution in [1.82, 2.24) is 15.1 Å². The van der Waals surface area contributed by atoms with Crippen LogP contribution in [0.25, 0.3) is 0 Å². The summed E-state index contributed by atoms with van der Waals surface area (Å²) < 4.78 is 7.42. The first-order chi connectivity index (χ1) is 9.72. The Morgan fingerprint density at radius 1 is 1.30 bits per heavy atom. The predicted octanol–water partition coefficient (Wildman–Crippen LogP) is 2.71. The van der Waals surface area contributed by atoms with Crippen molar-refractivity contribution in [2.24, 2.45) is 7.05 Å². The molecule has 1 unspecified atom stereocenters. The van der Waals surface area contributed by atoms with Gasteiger partial charge in [0.1, 0.15) is 5.75 Å². The Morgan fingerprint density at radius 3 is 2.80 bits per heavy atom. The van der Waals surface area contributed by atoms with Crippen molar-refractivity contribution >= 4 is 0 Å². The Balaban J connectivity index is 2.16. The maximum Gasteiger partial charge on any atom is 0.119 e. The minimum atomic E-state index is 0.260. The van der Waals surface area contributed by atoms with E-state index in [-0.39, 0.29) is 6.04 Å². The Hall–Kier alpha value is -1.81. The largest absolute Gasteiger partial charge is 0.494 e. The second-order valence-corrected chi connectivity index (χ2v) is 4.80. The Morgan fingerprint density at radius 2 is 2.15 bits per heavy atom. The van der Waals surface area contributed by atoms with Crippen molar-refractivity contribution in [2.75, 3.05) is 13.2 Å². The first-order valence-corrected chi connectivity index (χ1v) is 7.17. The van der Waals surface area contributed by atoms with E-state index < -0.39 is 0 Å². The van der Waals surface area contributed by atoms with Gasteiger partial charge in [0.05, 0.1) is 12.3 Å². The molecule has 0 radical (unpaired) electrons. The Bertz CT molecular complexity index is 536. The van der Waals surface area contributed by atoms with E-state index in [9.17, 15) is 0 Å². The minimum Gasteiger partial charge on any atom is -0.494 e. The van der Waals surface area contributed by atoms with Crippen LogP contribution in [-0.4, -0.2) is 22.9 Å². The van der Waals surface area contributed by atoms with Gasteiger partial charge in [-0.15, -0.1) is 0 Å². The van der Waals surface area contributed by atoms with E-state index in [2.05, 4.69) is 35.5 Å². The van der Waals surface area contributed by atoms with Gasteiger partial charge in [0.25, 0.3) is 0 Å². The average molecular weight is 273 g/mol. The van der Waals surface area contributed by atoms with E-state index in [1.807, 2.05) is 37.0 Å². The molecule has 2 rings (SSSR count). The molecule has 0 saturated carbocycles. The number of nitrogens with zero attached hydrogens (tertiary/aromatic N) is 2. The SMILES string of the molecule is CCNC(Cc1ccn(C)n1)c1cccc(OCC)c1. The van der Waals surface area contributed by atoms with Crippen LogP contribution in [0.1, 0.15) is 31.1 Å². The number of likely N-dealkylation sites (N-methyl/N-ethyl adjacent to an activating group) is 1. The first kappa shape index (κ1) is 14.6. The predicted molar refractivity (Wildman–Crippen MR) is 80.9 cm³/mol. The topological polar surface area (TPSA) is 39.1 Å². The van der Waals surface area contributed by atoms with Crippen molar-refractivity contribution in [3.05, 3.63) is 47.8 Å². The van der Waals surface area contributed by atoms with Gasteiger partial charge in [-0.1, -0.05) is 19.1 Å². The maximum atomic E-state index is 5.58. The molecule has 0 spiro atoms. The molecule has 1 heterocycles. The number of aromatic nitrogens is 2. The second-order valence-electron chi connectivity index (χ2n) is 4.80. The fourth-order valence-electron chi connectivity index (χ4n) is 2.32. The third-order valence-electron chi connectivity index (χ3n) is 3.20. The molecule has 1 aromatic carbocycles. The van der Waals surface area contributed by atoms with Gasteiger partial charge in [-0.25, -0.2) is 0 Å². The van der Waals surface area contributed by atoms with Crippen LogP contribution in [0, 0.1) is 0 Å². The van der Waals surface area contributed by atoms with Crippen LogP contribution >= 0.6 is 0 Å². The second kappa shape index (κ2) is 7.10. The quantitative estimate of drug-likeness (QED) is 0.843. The molecule has 0 saturated heterocycles. The van der Waals surface area contributed by atoms with Crippen LogP contribution in [-0.2, 0) is 13.5 Å². The minimum absolute atomic E-state index is 0.260. The van der Waals surface area contributed by atoms with Gasteiger partial charge in [0, 0.05) is 25.7 Å². The number of hydrogen-bond donors (Lipinski definition) is 1. The third kappa shape index (κ3) is 3.84. The summed E-state index contributed by atoms with van der Waals surface area (Å²) in [6.45, 7) is 5.74. The molecular formula is C16H23N3O. The van der Waals surface area contributed by atoms with Gasteiger partial charge in [-0.3, -0.25) is 4.68 Å². The molecule has 108 valence electrons. The van der Waals surface area contributed by atoms with Crippen molar-refractivity contribution < 1.29 is 4.74 Å². The van der Waals surface area contributed by atoms with E-state index in [0.29, 0.717) is 6.61 Å². The highest BCUT2D eigenvalue weighted by atomic mass is 16.5. The summed E-state index contributed by atoms with van der Waals surface area (Å²) in [5.74, 6) is 0.925. The lowest BCUT2D eigenvalue weighted by molar-refractivity contribution is 0.339. The average Bonchev–Trinajstić information content (AvgIpc) is 2.84. The van der Waals surface area contributed by atoms with E-state index >= 15 is 0 Å². The summed E-state index contributed by atoms with van der Waals surface area (Å²) in [4.78, 5) is 0. The number of benzene rings is 1.